The molecule has 0 bridgehead atoms. The molecule has 0 aliphatic rings. The van der Waals surface area contributed by atoms with E-state index in [0.29, 0.717) is 6.54 Å². The molecule has 90 valence electrons. The van der Waals surface area contributed by atoms with Crippen molar-refractivity contribution in [2.75, 3.05) is 0 Å². The van der Waals surface area contributed by atoms with Gasteiger partial charge in [-0.1, -0.05) is 23.4 Å². The molecule has 0 spiro atoms. The van der Waals surface area contributed by atoms with E-state index in [4.69, 9.17) is 5.73 Å². The molecule has 2 N–H and O–H groups in total. The average molecular weight is 239 g/mol. The molecule has 18 heavy (non-hydrogen) atoms. The summed E-state index contributed by atoms with van der Waals surface area (Å²) in [5.41, 5.74) is 9.42. The summed E-state index contributed by atoms with van der Waals surface area (Å²) in [6.07, 6.45) is 0. The number of para-hydroxylation sites is 1. The third kappa shape index (κ3) is 1.65. The Labute approximate surface area is 104 Å². The van der Waals surface area contributed by atoms with Gasteiger partial charge >= 0.3 is 0 Å². The highest BCUT2D eigenvalue weighted by molar-refractivity contribution is 5.75. The maximum Gasteiger partial charge on any atom is 0.156 e. The number of pyridine rings is 1. The zero-order chi connectivity index (χ0) is 12.5. The van der Waals surface area contributed by atoms with E-state index in [9.17, 15) is 0 Å². The van der Waals surface area contributed by atoms with Crippen LogP contribution < -0.4 is 5.73 Å². The zero-order valence-electron chi connectivity index (χ0n) is 10.0. The molecule has 0 radical (unpaired) electrons. The average Bonchev–Trinajstić information content (AvgIpc) is 2.82. The van der Waals surface area contributed by atoms with Crippen LogP contribution in [-0.2, 0) is 6.54 Å². The van der Waals surface area contributed by atoms with Gasteiger partial charge in [0.1, 0.15) is 5.52 Å². The second-order valence-corrected chi connectivity index (χ2v) is 4.11. The maximum atomic E-state index is 5.64. The Balaban J connectivity index is 2.17. The molecule has 1 aromatic carbocycles. The summed E-state index contributed by atoms with van der Waals surface area (Å²) in [7, 11) is 0. The number of nitrogens with zero attached hydrogens (tertiary/aromatic N) is 4. The summed E-state index contributed by atoms with van der Waals surface area (Å²) in [6.45, 7) is 2.45. The third-order valence-electron chi connectivity index (χ3n) is 2.97. The van der Waals surface area contributed by atoms with Gasteiger partial charge in [-0.05, 0) is 30.7 Å². The fourth-order valence-corrected chi connectivity index (χ4v) is 1.95. The standard InChI is InChI=1S/C13H13N5/c1-9-10(8-14)6-7-13(15-9)18-12-5-3-2-4-11(12)16-17-18/h2-7H,8,14H2,1H3. The van der Waals surface area contributed by atoms with Gasteiger partial charge in [-0.25, -0.2) is 4.98 Å². The highest BCUT2D eigenvalue weighted by Gasteiger charge is 2.08. The van der Waals surface area contributed by atoms with Crippen molar-refractivity contribution in [3.63, 3.8) is 0 Å². The molecule has 0 atom stereocenters. The second-order valence-electron chi connectivity index (χ2n) is 4.11. The van der Waals surface area contributed by atoms with Gasteiger partial charge in [0.15, 0.2) is 5.82 Å². The number of aromatic nitrogens is 4. The second kappa shape index (κ2) is 4.19. The molecule has 2 aromatic heterocycles. The van der Waals surface area contributed by atoms with E-state index in [2.05, 4.69) is 15.3 Å². The van der Waals surface area contributed by atoms with Crippen LogP contribution in [0.2, 0.25) is 0 Å². The van der Waals surface area contributed by atoms with Crippen LogP contribution in [-0.4, -0.2) is 20.0 Å². The molecular weight excluding hydrogens is 226 g/mol. The molecule has 0 aliphatic heterocycles. The first-order chi connectivity index (χ1) is 8.79. The normalized spacial score (nSPS) is 11.0. The monoisotopic (exact) mass is 239 g/mol. The van der Waals surface area contributed by atoms with E-state index >= 15 is 0 Å². The fourth-order valence-electron chi connectivity index (χ4n) is 1.95. The van der Waals surface area contributed by atoms with Crippen molar-refractivity contribution >= 4 is 11.0 Å². The van der Waals surface area contributed by atoms with Crippen LogP contribution in [0.15, 0.2) is 36.4 Å². The van der Waals surface area contributed by atoms with Gasteiger partial charge in [0, 0.05) is 12.2 Å². The number of fused-ring (bicyclic) bond motifs is 1. The number of hydrogen-bond acceptors (Lipinski definition) is 4. The van der Waals surface area contributed by atoms with Crippen molar-refractivity contribution in [1.82, 2.24) is 20.0 Å². The van der Waals surface area contributed by atoms with Gasteiger partial charge < -0.3 is 5.73 Å². The molecule has 0 fully saturated rings. The van der Waals surface area contributed by atoms with Crippen molar-refractivity contribution in [2.24, 2.45) is 5.73 Å². The Morgan fingerprint density at radius 2 is 2.00 bits per heavy atom. The summed E-state index contributed by atoms with van der Waals surface area (Å²) in [5.74, 6) is 0.762. The predicted molar refractivity (Wildman–Crippen MR) is 69.3 cm³/mol. The van der Waals surface area contributed by atoms with Crippen LogP contribution in [0.25, 0.3) is 16.9 Å². The zero-order valence-corrected chi connectivity index (χ0v) is 10.0. The van der Waals surface area contributed by atoms with Gasteiger partial charge in [0.2, 0.25) is 0 Å². The Morgan fingerprint density at radius 3 is 2.78 bits per heavy atom. The molecule has 2 heterocycles. The highest BCUT2D eigenvalue weighted by atomic mass is 15.4. The molecule has 3 aromatic rings. The molecule has 3 rings (SSSR count). The molecule has 0 saturated carbocycles. The number of hydrogen-bond donors (Lipinski definition) is 1. The van der Waals surface area contributed by atoms with Gasteiger partial charge in [0.25, 0.3) is 0 Å². The number of aryl methyl sites for hydroxylation is 1. The van der Waals surface area contributed by atoms with E-state index in [0.717, 1.165) is 28.1 Å². The molecule has 5 nitrogen and oxygen atoms in total. The van der Waals surface area contributed by atoms with Gasteiger partial charge in [-0.3, -0.25) is 0 Å². The SMILES string of the molecule is Cc1nc(-n2nnc3ccccc32)ccc1CN. The largest absolute Gasteiger partial charge is 0.326 e. The molecular formula is C13H13N5. The molecule has 5 heteroatoms. The van der Waals surface area contributed by atoms with Crippen molar-refractivity contribution in [1.29, 1.82) is 0 Å². The highest BCUT2D eigenvalue weighted by Crippen LogP contribution is 2.15. The van der Waals surface area contributed by atoms with E-state index in [1.165, 1.54) is 0 Å². The Kier molecular flexibility index (Phi) is 2.53. The minimum Gasteiger partial charge on any atom is -0.326 e. The van der Waals surface area contributed by atoms with Crippen LogP contribution in [0.3, 0.4) is 0 Å². The summed E-state index contributed by atoms with van der Waals surface area (Å²) < 4.78 is 1.74. The lowest BCUT2D eigenvalue weighted by Crippen LogP contribution is -2.05. The topological polar surface area (TPSA) is 69.6 Å². The summed E-state index contributed by atoms with van der Waals surface area (Å²) >= 11 is 0. The summed E-state index contributed by atoms with van der Waals surface area (Å²) in [6, 6.07) is 11.7. The van der Waals surface area contributed by atoms with E-state index in [-0.39, 0.29) is 0 Å². The first kappa shape index (κ1) is 10.9. The van der Waals surface area contributed by atoms with Crippen LogP contribution in [0.5, 0.6) is 0 Å². The Hall–Kier alpha value is -2.27. The summed E-state index contributed by atoms with van der Waals surface area (Å²) in [5, 5.41) is 8.25. The minimum atomic E-state index is 0.497. The lowest BCUT2D eigenvalue weighted by molar-refractivity contribution is 0.794. The van der Waals surface area contributed by atoms with E-state index < -0.39 is 0 Å². The fraction of sp³-hybridized carbons (Fsp3) is 0.154. The van der Waals surface area contributed by atoms with E-state index in [1.54, 1.807) is 4.68 Å². The van der Waals surface area contributed by atoms with Crippen LogP contribution in [0.4, 0.5) is 0 Å². The van der Waals surface area contributed by atoms with Crippen LogP contribution >= 0.6 is 0 Å². The van der Waals surface area contributed by atoms with Gasteiger partial charge in [0.05, 0.1) is 5.52 Å². The first-order valence-corrected chi connectivity index (χ1v) is 5.77. The number of benzene rings is 1. The smallest absolute Gasteiger partial charge is 0.156 e. The lowest BCUT2D eigenvalue weighted by Gasteiger charge is -2.05. The van der Waals surface area contributed by atoms with Crippen molar-refractivity contribution < 1.29 is 0 Å². The lowest BCUT2D eigenvalue weighted by atomic mass is 10.2. The number of rotatable bonds is 2. The van der Waals surface area contributed by atoms with Gasteiger partial charge in [-0.2, -0.15) is 4.68 Å². The van der Waals surface area contributed by atoms with Crippen molar-refractivity contribution in [3.05, 3.63) is 47.7 Å². The van der Waals surface area contributed by atoms with Crippen LogP contribution in [0.1, 0.15) is 11.3 Å². The Bertz CT molecular complexity index is 701. The Morgan fingerprint density at radius 1 is 1.17 bits per heavy atom. The maximum absolute atomic E-state index is 5.64. The van der Waals surface area contributed by atoms with Crippen molar-refractivity contribution in [2.45, 2.75) is 13.5 Å². The van der Waals surface area contributed by atoms with Crippen molar-refractivity contribution in [3.8, 4) is 5.82 Å². The molecule has 0 amide bonds. The number of nitrogens with two attached hydrogens (primary N) is 1. The van der Waals surface area contributed by atoms with Gasteiger partial charge in [-0.15, -0.1) is 5.10 Å². The quantitative estimate of drug-likeness (QED) is 0.737. The minimum absolute atomic E-state index is 0.497. The van der Waals surface area contributed by atoms with E-state index in [1.807, 2.05) is 43.3 Å². The molecule has 0 aliphatic carbocycles. The third-order valence-corrected chi connectivity index (χ3v) is 2.97. The summed E-state index contributed by atoms with van der Waals surface area (Å²) in [4.78, 5) is 4.52. The molecule has 0 unspecified atom stereocenters. The predicted octanol–water partition coefficient (Wildman–Crippen LogP) is 1.58. The van der Waals surface area contributed by atoms with Crippen LogP contribution in [0, 0.1) is 6.92 Å². The molecule has 0 saturated heterocycles. The first-order valence-electron chi connectivity index (χ1n) is 5.77.